The molecule has 0 spiro atoms. The summed E-state index contributed by atoms with van der Waals surface area (Å²) in [6, 6.07) is 6.26. The number of hydrogen-bond acceptors (Lipinski definition) is 1. The van der Waals surface area contributed by atoms with E-state index in [9.17, 15) is 8.78 Å². The molecular formula is C12H18F2OSi. The Morgan fingerprint density at radius 3 is 2.25 bits per heavy atom. The van der Waals surface area contributed by atoms with Crippen molar-refractivity contribution in [1.29, 1.82) is 0 Å². The zero-order valence-corrected chi connectivity index (χ0v) is 11.0. The highest BCUT2D eigenvalue weighted by molar-refractivity contribution is 6.73. The van der Waals surface area contributed by atoms with Crippen LogP contribution < -0.4 is 0 Å². The van der Waals surface area contributed by atoms with Crippen molar-refractivity contribution in [2.75, 3.05) is 7.11 Å². The van der Waals surface area contributed by atoms with Crippen LogP contribution in [0.1, 0.15) is 19.4 Å². The molecule has 4 heteroatoms. The summed E-state index contributed by atoms with van der Waals surface area (Å²) in [6.07, 6.45) is 0. The first-order valence-corrected chi connectivity index (χ1v) is 8.09. The van der Waals surface area contributed by atoms with Gasteiger partial charge in [-0.2, -0.15) is 0 Å². The monoisotopic (exact) mass is 244 g/mol. The minimum Gasteiger partial charge on any atom is -0.420 e. The van der Waals surface area contributed by atoms with Crippen LogP contribution >= 0.6 is 0 Å². The third-order valence-electron chi connectivity index (χ3n) is 3.25. The Labute approximate surface area is 96.6 Å². The van der Waals surface area contributed by atoms with Crippen LogP contribution in [0.3, 0.4) is 0 Å². The molecule has 0 fully saturated rings. The number of rotatable bonds is 5. The molecule has 1 rings (SSSR count). The molecule has 0 amide bonds. The second kappa shape index (κ2) is 5.55. The van der Waals surface area contributed by atoms with Crippen LogP contribution in [-0.4, -0.2) is 15.4 Å². The van der Waals surface area contributed by atoms with E-state index in [1.165, 1.54) is 12.1 Å². The van der Waals surface area contributed by atoms with Gasteiger partial charge in [0.05, 0.1) is 0 Å². The quantitative estimate of drug-likeness (QED) is 0.718. The second-order valence-electron chi connectivity index (χ2n) is 4.01. The van der Waals surface area contributed by atoms with Crippen LogP contribution in [0.4, 0.5) is 8.78 Å². The third-order valence-corrected chi connectivity index (χ3v) is 7.72. The van der Waals surface area contributed by atoms with Crippen molar-refractivity contribution in [3.8, 4) is 0 Å². The summed E-state index contributed by atoms with van der Waals surface area (Å²) >= 11 is 0. The molecule has 0 saturated heterocycles. The summed E-state index contributed by atoms with van der Waals surface area (Å²) in [5.74, 6) is -0.991. The topological polar surface area (TPSA) is 9.23 Å². The first kappa shape index (κ1) is 13.3. The smallest absolute Gasteiger partial charge is 0.196 e. The number of benzene rings is 1. The molecule has 0 aliphatic heterocycles. The Kier molecular flexibility index (Phi) is 4.62. The summed E-state index contributed by atoms with van der Waals surface area (Å²) in [5.41, 5.74) is 0.568. The summed E-state index contributed by atoms with van der Waals surface area (Å²) < 4.78 is 31.9. The van der Waals surface area contributed by atoms with Crippen molar-refractivity contribution in [3.63, 3.8) is 0 Å². The predicted octanol–water partition coefficient (Wildman–Crippen LogP) is 3.68. The molecule has 0 aliphatic rings. The average molecular weight is 244 g/mol. The highest BCUT2D eigenvalue weighted by Crippen LogP contribution is 2.23. The minimum atomic E-state index is -1.87. The SMILES string of the molecule is CC[Si](CC)(Cc1ccc(F)cc1F)OC. The molecule has 0 N–H and O–H groups in total. The lowest BCUT2D eigenvalue weighted by molar-refractivity contribution is 0.390. The first-order valence-electron chi connectivity index (χ1n) is 5.56. The van der Waals surface area contributed by atoms with Gasteiger partial charge in [-0.15, -0.1) is 0 Å². The fraction of sp³-hybridized carbons (Fsp3) is 0.500. The van der Waals surface area contributed by atoms with Gasteiger partial charge in [0.15, 0.2) is 8.32 Å². The van der Waals surface area contributed by atoms with E-state index in [0.29, 0.717) is 11.6 Å². The van der Waals surface area contributed by atoms with E-state index in [1.807, 2.05) is 0 Å². The van der Waals surface area contributed by atoms with Gasteiger partial charge in [0.25, 0.3) is 0 Å². The van der Waals surface area contributed by atoms with Crippen LogP contribution in [0.5, 0.6) is 0 Å². The third kappa shape index (κ3) is 2.89. The molecule has 0 unspecified atom stereocenters. The highest BCUT2D eigenvalue weighted by Gasteiger charge is 2.30. The molecule has 0 bridgehead atoms. The van der Waals surface area contributed by atoms with Crippen molar-refractivity contribution < 1.29 is 13.2 Å². The molecule has 90 valence electrons. The van der Waals surface area contributed by atoms with E-state index >= 15 is 0 Å². The fourth-order valence-electron chi connectivity index (χ4n) is 1.87. The summed E-state index contributed by atoms with van der Waals surface area (Å²) in [6.45, 7) is 4.14. The number of halogens is 2. The minimum absolute atomic E-state index is 0.462. The number of hydrogen-bond donors (Lipinski definition) is 0. The fourth-order valence-corrected chi connectivity index (χ4v) is 4.58. The van der Waals surface area contributed by atoms with Gasteiger partial charge in [-0.3, -0.25) is 0 Å². The molecule has 16 heavy (non-hydrogen) atoms. The van der Waals surface area contributed by atoms with E-state index in [-0.39, 0.29) is 0 Å². The molecular weight excluding hydrogens is 226 g/mol. The second-order valence-corrected chi connectivity index (χ2v) is 8.55. The molecule has 1 aromatic carbocycles. The van der Waals surface area contributed by atoms with Crippen molar-refractivity contribution in [3.05, 3.63) is 35.4 Å². The van der Waals surface area contributed by atoms with Gasteiger partial charge in [0.2, 0.25) is 0 Å². The van der Waals surface area contributed by atoms with Gasteiger partial charge in [-0.25, -0.2) is 8.78 Å². The maximum atomic E-state index is 13.5. The molecule has 0 aromatic heterocycles. The van der Waals surface area contributed by atoms with Gasteiger partial charge in [-0.1, -0.05) is 19.9 Å². The summed E-state index contributed by atoms with van der Waals surface area (Å²) in [5, 5.41) is 0. The van der Waals surface area contributed by atoms with Gasteiger partial charge in [0.1, 0.15) is 11.6 Å². The van der Waals surface area contributed by atoms with Gasteiger partial charge in [-0.05, 0) is 29.8 Å². The van der Waals surface area contributed by atoms with E-state index in [0.717, 1.165) is 18.2 Å². The van der Waals surface area contributed by atoms with E-state index in [2.05, 4.69) is 13.8 Å². The molecule has 0 saturated carbocycles. The molecule has 0 radical (unpaired) electrons. The Hall–Kier alpha value is -0.743. The standard InChI is InChI=1S/C12H18F2OSi/c1-4-16(5-2,15-3)9-10-6-7-11(13)8-12(10)14/h6-8H,4-5,9H2,1-3H3. The Morgan fingerprint density at radius 1 is 1.19 bits per heavy atom. The van der Waals surface area contributed by atoms with Crippen LogP contribution in [-0.2, 0) is 10.5 Å². The molecule has 1 nitrogen and oxygen atoms in total. The van der Waals surface area contributed by atoms with Gasteiger partial charge < -0.3 is 4.43 Å². The van der Waals surface area contributed by atoms with Crippen molar-refractivity contribution in [2.45, 2.75) is 32.0 Å². The van der Waals surface area contributed by atoms with Crippen LogP contribution in [0.25, 0.3) is 0 Å². The van der Waals surface area contributed by atoms with E-state index in [1.54, 1.807) is 7.11 Å². The first-order chi connectivity index (χ1) is 7.56. The van der Waals surface area contributed by atoms with Crippen molar-refractivity contribution >= 4 is 8.32 Å². The van der Waals surface area contributed by atoms with Crippen molar-refractivity contribution in [2.24, 2.45) is 0 Å². The molecule has 0 atom stereocenters. The van der Waals surface area contributed by atoms with Gasteiger partial charge >= 0.3 is 0 Å². The van der Waals surface area contributed by atoms with Crippen molar-refractivity contribution in [1.82, 2.24) is 0 Å². The molecule has 1 aromatic rings. The Balaban J connectivity index is 2.93. The van der Waals surface area contributed by atoms with Gasteiger partial charge in [0, 0.05) is 13.2 Å². The normalized spacial score (nSPS) is 11.8. The van der Waals surface area contributed by atoms with E-state index < -0.39 is 20.0 Å². The highest BCUT2D eigenvalue weighted by atomic mass is 28.4. The molecule has 0 heterocycles. The van der Waals surface area contributed by atoms with Crippen LogP contribution in [0.2, 0.25) is 12.1 Å². The Morgan fingerprint density at radius 2 is 1.81 bits per heavy atom. The Bertz CT molecular complexity index is 343. The van der Waals surface area contributed by atoms with Crippen LogP contribution in [0, 0.1) is 11.6 Å². The lowest BCUT2D eigenvalue weighted by Gasteiger charge is -2.27. The summed E-state index contributed by atoms with van der Waals surface area (Å²) in [4.78, 5) is 0. The summed E-state index contributed by atoms with van der Waals surface area (Å²) in [7, 11) is -0.174. The largest absolute Gasteiger partial charge is 0.420 e. The lowest BCUT2D eigenvalue weighted by atomic mass is 10.2. The lowest BCUT2D eigenvalue weighted by Crippen LogP contribution is -2.38. The zero-order chi connectivity index (χ0) is 12.2. The average Bonchev–Trinajstić information content (AvgIpc) is 2.29. The predicted molar refractivity (Wildman–Crippen MR) is 63.8 cm³/mol. The van der Waals surface area contributed by atoms with E-state index in [4.69, 9.17) is 4.43 Å². The zero-order valence-electron chi connectivity index (χ0n) is 10.0. The van der Waals surface area contributed by atoms with Crippen LogP contribution in [0.15, 0.2) is 18.2 Å². The molecule has 0 aliphatic carbocycles. The maximum absolute atomic E-state index is 13.5. The maximum Gasteiger partial charge on any atom is 0.196 e.